The highest BCUT2D eigenvalue weighted by atomic mass is 16.1. The monoisotopic (exact) mass is 231 g/mol. The van der Waals surface area contributed by atoms with Crippen molar-refractivity contribution in [1.82, 2.24) is 14.7 Å². The summed E-state index contributed by atoms with van der Waals surface area (Å²) in [5.41, 5.74) is 2.41. The van der Waals surface area contributed by atoms with Gasteiger partial charge >= 0.3 is 0 Å². The molecule has 0 radical (unpaired) electrons. The van der Waals surface area contributed by atoms with Crippen LogP contribution < -0.4 is 5.32 Å². The molecule has 2 aromatic heterocycles. The van der Waals surface area contributed by atoms with Crippen molar-refractivity contribution in [3.63, 3.8) is 0 Å². The molecule has 4 heteroatoms. The van der Waals surface area contributed by atoms with Crippen molar-refractivity contribution < 1.29 is 4.79 Å². The fourth-order valence-electron chi connectivity index (χ4n) is 1.65. The first kappa shape index (κ1) is 11.6. The second-order valence-electron chi connectivity index (χ2n) is 4.67. The molecule has 0 saturated heterocycles. The summed E-state index contributed by atoms with van der Waals surface area (Å²) in [7, 11) is 0. The van der Waals surface area contributed by atoms with Crippen molar-refractivity contribution in [2.24, 2.45) is 5.92 Å². The van der Waals surface area contributed by atoms with E-state index in [1.807, 2.05) is 35.9 Å². The fourth-order valence-corrected chi connectivity index (χ4v) is 1.65. The Morgan fingerprint density at radius 1 is 1.53 bits per heavy atom. The molecular weight excluding hydrogens is 214 g/mol. The van der Waals surface area contributed by atoms with Crippen LogP contribution in [-0.2, 0) is 0 Å². The van der Waals surface area contributed by atoms with Crippen LogP contribution in [0.1, 0.15) is 29.9 Å². The lowest BCUT2D eigenvalue weighted by Gasteiger charge is -2.07. The standard InChI is InChI=1S/C13H17N3O/c1-9(2)7-14-13(17)11-4-5-16-8-10(3)15-12(16)6-11/h4-6,8-9H,7H2,1-3H3,(H,14,17). The third-order valence-electron chi connectivity index (χ3n) is 2.51. The maximum atomic E-state index is 11.9. The van der Waals surface area contributed by atoms with E-state index >= 15 is 0 Å². The molecule has 0 aliphatic carbocycles. The van der Waals surface area contributed by atoms with E-state index in [2.05, 4.69) is 24.1 Å². The lowest BCUT2D eigenvalue weighted by molar-refractivity contribution is 0.0949. The summed E-state index contributed by atoms with van der Waals surface area (Å²) in [4.78, 5) is 16.2. The Bertz CT molecular complexity index is 543. The molecule has 2 heterocycles. The van der Waals surface area contributed by atoms with Crippen molar-refractivity contribution in [2.75, 3.05) is 6.54 Å². The number of aromatic nitrogens is 2. The number of pyridine rings is 1. The minimum absolute atomic E-state index is 0.0400. The van der Waals surface area contributed by atoms with Gasteiger partial charge in [0.25, 0.3) is 5.91 Å². The van der Waals surface area contributed by atoms with Gasteiger partial charge in [-0.15, -0.1) is 0 Å². The van der Waals surface area contributed by atoms with Crippen molar-refractivity contribution in [3.05, 3.63) is 35.8 Å². The Balaban J connectivity index is 2.20. The maximum absolute atomic E-state index is 11.9. The minimum Gasteiger partial charge on any atom is -0.352 e. The quantitative estimate of drug-likeness (QED) is 0.878. The second-order valence-corrected chi connectivity index (χ2v) is 4.67. The van der Waals surface area contributed by atoms with Gasteiger partial charge in [-0.25, -0.2) is 4.98 Å². The average Bonchev–Trinajstić information content (AvgIpc) is 2.64. The van der Waals surface area contributed by atoms with E-state index in [1.165, 1.54) is 0 Å². The summed E-state index contributed by atoms with van der Waals surface area (Å²) in [5, 5.41) is 2.89. The predicted octanol–water partition coefficient (Wildman–Crippen LogP) is 2.03. The Morgan fingerprint density at radius 3 is 3.00 bits per heavy atom. The van der Waals surface area contributed by atoms with Gasteiger partial charge in [-0.3, -0.25) is 4.79 Å². The molecule has 1 N–H and O–H groups in total. The van der Waals surface area contributed by atoms with Gasteiger partial charge in [-0.05, 0) is 25.0 Å². The highest BCUT2D eigenvalue weighted by Gasteiger charge is 2.07. The smallest absolute Gasteiger partial charge is 0.251 e. The van der Waals surface area contributed by atoms with Crippen LogP contribution in [0.25, 0.3) is 5.65 Å². The number of nitrogens with one attached hydrogen (secondary N) is 1. The number of imidazole rings is 1. The van der Waals surface area contributed by atoms with E-state index < -0.39 is 0 Å². The molecule has 0 unspecified atom stereocenters. The largest absolute Gasteiger partial charge is 0.352 e. The first-order valence-corrected chi connectivity index (χ1v) is 5.80. The summed E-state index contributed by atoms with van der Waals surface area (Å²) in [5.74, 6) is 0.415. The molecule has 17 heavy (non-hydrogen) atoms. The third-order valence-corrected chi connectivity index (χ3v) is 2.51. The molecule has 90 valence electrons. The Labute approximate surface area is 101 Å². The average molecular weight is 231 g/mol. The number of fused-ring (bicyclic) bond motifs is 1. The molecule has 2 rings (SSSR count). The van der Waals surface area contributed by atoms with Gasteiger partial charge in [-0.1, -0.05) is 13.8 Å². The summed E-state index contributed by atoms with van der Waals surface area (Å²) in [6, 6.07) is 3.62. The number of carbonyl (C=O) groups excluding carboxylic acids is 1. The van der Waals surface area contributed by atoms with Crippen molar-refractivity contribution in [2.45, 2.75) is 20.8 Å². The molecule has 0 fully saturated rings. The number of nitrogens with zero attached hydrogens (tertiary/aromatic N) is 2. The SMILES string of the molecule is Cc1cn2ccc(C(=O)NCC(C)C)cc2n1. The fraction of sp³-hybridized carbons (Fsp3) is 0.385. The van der Waals surface area contributed by atoms with Crippen LogP contribution in [0, 0.1) is 12.8 Å². The first-order valence-electron chi connectivity index (χ1n) is 5.80. The molecule has 0 bridgehead atoms. The topological polar surface area (TPSA) is 46.4 Å². The third kappa shape index (κ3) is 2.64. The second kappa shape index (κ2) is 4.57. The van der Waals surface area contributed by atoms with Crippen LogP contribution in [0.5, 0.6) is 0 Å². The van der Waals surface area contributed by atoms with Crippen LogP contribution in [0.4, 0.5) is 0 Å². The van der Waals surface area contributed by atoms with E-state index in [-0.39, 0.29) is 5.91 Å². The number of carbonyl (C=O) groups is 1. The van der Waals surface area contributed by atoms with Crippen molar-refractivity contribution in [1.29, 1.82) is 0 Å². The van der Waals surface area contributed by atoms with Crippen molar-refractivity contribution in [3.8, 4) is 0 Å². The van der Waals surface area contributed by atoms with Gasteiger partial charge in [0.1, 0.15) is 5.65 Å². The molecule has 4 nitrogen and oxygen atoms in total. The zero-order chi connectivity index (χ0) is 12.4. The summed E-state index contributed by atoms with van der Waals surface area (Å²) >= 11 is 0. The zero-order valence-electron chi connectivity index (χ0n) is 10.4. The molecule has 0 aromatic carbocycles. The number of hydrogen-bond acceptors (Lipinski definition) is 2. The normalized spacial score (nSPS) is 11.1. The number of rotatable bonds is 3. The molecule has 0 spiro atoms. The van der Waals surface area contributed by atoms with Gasteiger partial charge in [0.2, 0.25) is 0 Å². The van der Waals surface area contributed by atoms with E-state index in [9.17, 15) is 4.79 Å². The first-order chi connectivity index (χ1) is 8.06. The van der Waals surface area contributed by atoms with Crippen molar-refractivity contribution >= 4 is 11.6 Å². The number of aryl methyl sites for hydroxylation is 1. The molecular formula is C13H17N3O. The maximum Gasteiger partial charge on any atom is 0.251 e. The molecule has 0 saturated carbocycles. The van der Waals surface area contributed by atoms with E-state index in [1.54, 1.807) is 0 Å². The van der Waals surface area contributed by atoms with E-state index in [0.29, 0.717) is 18.0 Å². The summed E-state index contributed by atoms with van der Waals surface area (Å²) in [6.07, 6.45) is 3.80. The highest BCUT2D eigenvalue weighted by Crippen LogP contribution is 2.08. The van der Waals surface area contributed by atoms with Gasteiger partial charge in [0.05, 0.1) is 5.69 Å². The number of hydrogen-bond donors (Lipinski definition) is 1. The van der Waals surface area contributed by atoms with Crippen LogP contribution in [-0.4, -0.2) is 21.8 Å². The highest BCUT2D eigenvalue weighted by molar-refractivity contribution is 5.95. The number of amides is 1. The molecule has 0 atom stereocenters. The Kier molecular flexibility index (Phi) is 3.13. The van der Waals surface area contributed by atoms with E-state index in [4.69, 9.17) is 0 Å². The van der Waals surface area contributed by atoms with E-state index in [0.717, 1.165) is 11.3 Å². The summed E-state index contributed by atoms with van der Waals surface area (Å²) < 4.78 is 1.91. The van der Waals surface area contributed by atoms with Crippen LogP contribution in [0.3, 0.4) is 0 Å². The summed E-state index contributed by atoms with van der Waals surface area (Å²) in [6.45, 7) is 6.77. The van der Waals surface area contributed by atoms with Gasteiger partial charge < -0.3 is 9.72 Å². The van der Waals surface area contributed by atoms with Crippen LogP contribution in [0.15, 0.2) is 24.5 Å². The van der Waals surface area contributed by atoms with Crippen LogP contribution in [0.2, 0.25) is 0 Å². The molecule has 1 amide bonds. The predicted molar refractivity (Wildman–Crippen MR) is 67.1 cm³/mol. The molecule has 0 aliphatic rings. The van der Waals surface area contributed by atoms with Crippen LogP contribution >= 0.6 is 0 Å². The molecule has 2 aromatic rings. The Hall–Kier alpha value is -1.84. The lowest BCUT2D eigenvalue weighted by atomic mass is 10.2. The Morgan fingerprint density at radius 2 is 2.29 bits per heavy atom. The zero-order valence-corrected chi connectivity index (χ0v) is 10.4. The lowest BCUT2D eigenvalue weighted by Crippen LogP contribution is -2.27. The minimum atomic E-state index is -0.0400. The van der Waals surface area contributed by atoms with Gasteiger partial charge in [-0.2, -0.15) is 0 Å². The van der Waals surface area contributed by atoms with Gasteiger partial charge in [0.15, 0.2) is 0 Å². The van der Waals surface area contributed by atoms with Gasteiger partial charge in [0, 0.05) is 24.5 Å². The molecule has 0 aliphatic heterocycles.